The van der Waals surface area contributed by atoms with Crippen LogP contribution in [0.2, 0.25) is 0 Å². The number of anilines is 1. The Kier molecular flexibility index (Phi) is 5.15. The lowest BCUT2D eigenvalue weighted by atomic mass is 9.87. The third kappa shape index (κ3) is 3.94. The number of nitrogens with one attached hydrogen (secondary N) is 2. The van der Waals surface area contributed by atoms with Gasteiger partial charge >= 0.3 is 0 Å². The van der Waals surface area contributed by atoms with Crippen molar-refractivity contribution >= 4 is 28.8 Å². The molecule has 0 saturated carbocycles. The van der Waals surface area contributed by atoms with Crippen molar-refractivity contribution in [3.8, 4) is 0 Å². The van der Waals surface area contributed by atoms with E-state index < -0.39 is 0 Å². The number of fused-ring (bicyclic) bond motifs is 1. The molecule has 2 amide bonds. The minimum atomic E-state index is -0.128. The summed E-state index contributed by atoms with van der Waals surface area (Å²) in [5, 5.41) is 7.70. The molecule has 1 aromatic carbocycles. The van der Waals surface area contributed by atoms with Gasteiger partial charge in [-0.05, 0) is 54.0 Å². The van der Waals surface area contributed by atoms with E-state index in [0.717, 1.165) is 30.5 Å². The Morgan fingerprint density at radius 1 is 1.29 bits per heavy atom. The van der Waals surface area contributed by atoms with Gasteiger partial charge in [0.25, 0.3) is 5.91 Å². The minimum absolute atomic E-state index is 0.0369. The van der Waals surface area contributed by atoms with Crippen molar-refractivity contribution in [1.29, 1.82) is 0 Å². The van der Waals surface area contributed by atoms with Crippen LogP contribution >= 0.6 is 11.3 Å². The van der Waals surface area contributed by atoms with Crippen molar-refractivity contribution in [2.75, 3.05) is 12.3 Å². The zero-order valence-electron chi connectivity index (χ0n) is 13.4. The maximum absolute atomic E-state index is 12.2. The second kappa shape index (κ2) is 7.49. The third-order valence-electron chi connectivity index (χ3n) is 4.20. The van der Waals surface area contributed by atoms with E-state index in [-0.39, 0.29) is 24.3 Å². The molecule has 0 aliphatic heterocycles. The molecule has 0 spiro atoms. The highest BCUT2D eigenvalue weighted by atomic mass is 32.1. The summed E-state index contributed by atoms with van der Waals surface area (Å²) in [6.07, 6.45) is 3.25. The molecule has 0 bridgehead atoms. The van der Waals surface area contributed by atoms with Gasteiger partial charge in [0.2, 0.25) is 5.91 Å². The predicted octanol–water partition coefficient (Wildman–Crippen LogP) is 2.64. The minimum Gasteiger partial charge on any atom is -0.399 e. The molecule has 1 aliphatic rings. The Morgan fingerprint density at radius 2 is 2.17 bits per heavy atom. The first-order valence-corrected chi connectivity index (χ1v) is 9.01. The van der Waals surface area contributed by atoms with Crippen molar-refractivity contribution in [2.24, 2.45) is 0 Å². The molecule has 4 N–H and O–H groups in total. The second-order valence-corrected chi connectivity index (χ2v) is 6.90. The zero-order chi connectivity index (χ0) is 16.9. The number of benzene rings is 1. The molecule has 2 aromatic rings. The van der Waals surface area contributed by atoms with Gasteiger partial charge in [-0.1, -0.05) is 12.1 Å². The molecule has 1 heterocycles. The van der Waals surface area contributed by atoms with Crippen molar-refractivity contribution in [2.45, 2.75) is 31.7 Å². The van der Waals surface area contributed by atoms with Crippen LogP contribution in [-0.4, -0.2) is 18.4 Å². The number of nitrogens with two attached hydrogens (primary N) is 1. The van der Waals surface area contributed by atoms with E-state index in [0.29, 0.717) is 11.4 Å². The highest BCUT2D eigenvalue weighted by Crippen LogP contribution is 2.30. The Bertz CT molecular complexity index is 728. The molecular weight excluding hydrogens is 322 g/mol. The van der Waals surface area contributed by atoms with Crippen LogP contribution in [0.25, 0.3) is 0 Å². The highest BCUT2D eigenvalue weighted by Gasteiger charge is 2.21. The molecule has 0 radical (unpaired) electrons. The lowest BCUT2D eigenvalue weighted by Gasteiger charge is -2.26. The number of carbonyl (C=O) groups is 2. The molecule has 5 nitrogen and oxygen atoms in total. The highest BCUT2D eigenvalue weighted by molar-refractivity contribution is 7.12. The summed E-state index contributed by atoms with van der Waals surface area (Å²) >= 11 is 1.39. The number of hydrogen-bond donors (Lipinski definition) is 3. The molecule has 3 rings (SSSR count). The summed E-state index contributed by atoms with van der Waals surface area (Å²) < 4.78 is 0. The Hall–Kier alpha value is -2.34. The monoisotopic (exact) mass is 343 g/mol. The Balaban J connectivity index is 1.50. The van der Waals surface area contributed by atoms with Gasteiger partial charge in [-0.15, -0.1) is 11.3 Å². The average Bonchev–Trinajstić information content (AvgIpc) is 3.09. The van der Waals surface area contributed by atoms with E-state index in [1.165, 1.54) is 16.9 Å². The fourth-order valence-corrected chi connectivity index (χ4v) is 3.68. The Morgan fingerprint density at radius 3 is 2.96 bits per heavy atom. The van der Waals surface area contributed by atoms with E-state index in [9.17, 15) is 9.59 Å². The van der Waals surface area contributed by atoms with Crippen molar-refractivity contribution in [3.63, 3.8) is 0 Å². The van der Waals surface area contributed by atoms with Crippen LogP contribution in [0.3, 0.4) is 0 Å². The van der Waals surface area contributed by atoms with Crippen LogP contribution in [0, 0.1) is 0 Å². The van der Waals surface area contributed by atoms with E-state index in [4.69, 9.17) is 5.73 Å². The standard InChI is InChI=1S/C18H21N3O2S/c19-13-6-7-14-12(11-13)3-1-4-15(14)21-17(22)8-9-20-18(23)16-5-2-10-24-16/h2,5-7,10-11,15H,1,3-4,8-9,19H2,(H,20,23)(H,21,22). The summed E-state index contributed by atoms with van der Waals surface area (Å²) in [7, 11) is 0. The van der Waals surface area contributed by atoms with E-state index in [1.807, 2.05) is 29.6 Å². The van der Waals surface area contributed by atoms with Crippen molar-refractivity contribution < 1.29 is 9.59 Å². The van der Waals surface area contributed by atoms with Gasteiger partial charge in [-0.25, -0.2) is 0 Å². The van der Waals surface area contributed by atoms with Crippen molar-refractivity contribution in [3.05, 3.63) is 51.7 Å². The number of amides is 2. The molecule has 1 unspecified atom stereocenters. The van der Waals surface area contributed by atoms with E-state index >= 15 is 0 Å². The van der Waals surface area contributed by atoms with Gasteiger partial charge in [-0.3, -0.25) is 9.59 Å². The van der Waals surface area contributed by atoms with Gasteiger partial charge in [0, 0.05) is 18.7 Å². The number of nitrogen functional groups attached to an aromatic ring is 1. The topological polar surface area (TPSA) is 84.2 Å². The lowest BCUT2D eigenvalue weighted by molar-refractivity contribution is -0.121. The van der Waals surface area contributed by atoms with Crippen LogP contribution in [0.4, 0.5) is 5.69 Å². The van der Waals surface area contributed by atoms with Crippen molar-refractivity contribution in [1.82, 2.24) is 10.6 Å². The molecule has 1 aliphatic carbocycles. The van der Waals surface area contributed by atoms with E-state index in [1.54, 1.807) is 6.07 Å². The zero-order valence-corrected chi connectivity index (χ0v) is 14.2. The molecule has 1 atom stereocenters. The summed E-state index contributed by atoms with van der Waals surface area (Å²) in [4.78, 5) is 24.7. The summed E-state index contributed by atoms with van der Waals surface area (Å²) in [6.45, 7) is 0.337. The Labute approximate surface area is 145 Å². The molecule has 6 heteroatoms. The van der Waals surface area contributed by atoms with Crippen LogP contribution in [-0.2, 0) is 11.2 Å². The average molecular weight is 343 g/mol. The maximum Gasteiger partial charge on any atom is 0.261 e. The largest absolute Gasteiger partial charge is 0.399 e. The van der Waals surface area contributed by atoms with Gasteiger partial charge in [0.1, 0.15) is 0 Å². The first kappa shape index (κ1) is 16.5. The fraction of sp³-hybridized carbons (Fsp3) is 0.333. The number of aryl methyl sites for hydroxylation is 1. The molecule has 0 fully saturated rings. The van der Waals surface area contributed by atoms with Crippen LogP contribution in [0.1, 0.15) is 46.1 Å². The number of rotatable bonds is 5. The van der Waals surface area contributed by atoms with Crippen LogP contribution in [0.15, 0.2) is 35.7 Å². The number of hydrogen-bond acceptors (Lipinski definition) is 4. The molecule has 24 heavy (non-hydrogen) atoms. The lowest BCUT2D eigenvalue weighted by Crippen LogP contribution is -2.34. The van der Waals surface area contributed by atoms with Crippen LogP contribution < -0.4 is 16.4 Å². The first-order valence-electron chi connectivity index (χ1n) is 8.13. The van der Waals surface area contributed by atoms with Gasteiger partial charge in [0.05, 0.1) is 10.9 Å². The third-order valence-corrected chi connectivity index (χ3v) is 5.07. The summed E-state index contributed by atoms with van der Waals surface area (Å²) in [6, 6.07) is 9.52. The second-order valence-electron chi connectivity index (χ2n) is 5.95. The number of thiophene rings is 1. The molecular formula is C18H21N3O2S. The van der Waals surface area contributed by atoms with Gasteiger partial charge in [-0.2, -0.15) is 0 Å². The maximum atomic E-state index is 12.2. The normalized spacial score (nSPS) is 16.2. The molecule has 0 saturated heterocycles. The molecule has 126 valence electrons. The smallest absolute Gasteiger partial charge is 0.261 e. The summed E-state index contributed by atoms with van der Waals surface area (Å²) in [5.41, 5.74) is 8.98. The summed E-state index contributed by atoms with van der Waals surface area (Å²) in [5.74, 6) is -0.174. The number of carbonyl (C=O) groups excluding carboxylic acids is 2. The van der Waals surface area contributed by atoms with Gasteiger partial charge in [0.15, 0.2) is 0 Å². The van der Waals surface area contributed by atoms with E-state index in [2.05, 4.69) is 10.6 Å². The predicted molar refractivity (Wildman–Crippen MR) is 95.9 cm³/mol. The SMILES string of the molecule is Nc1ccc2c(c1)CCCC2NC(=O)CCNC(=O)c1cccs1. The first-order chi connectivity index (χ1) is 11.6. The van der Waals surface area contributed by atoms with Gasteiger partial charge < -0.3 is 16.4 Å². The van der Waals surface area contributed by atoms with Crippen LogP contribution in [0.5, 0.6) is 0 Å². The fourth-order valence-electron chi connectivity index (χ4n) is 3.04. The quantitative estimate of drug-likeness (QED) is 0.730. The molecule has 1 aromatic heterocycles.